The first-order chi connectivity index (χ1) is 14.1. The van der Waals surface area contributed by atoms with E-state index in [9.17, 15) is 4.79 Å². The van der Waals surface area contributed by atoms with Crippen molar-refractivity contribution in [3.63, 3.8) is 0 Å². The Morgan fingerprint density at radius 2 is 1.83 bits per heavy atom. The van der Waals surface area contributed by atoms with Gasteiger partial charge in [0.25, 0.3) is 5.95 Å². The van der Waals surface area contributed by atoms with E-state index in [0.29, 0.717) is 0 Å². The SMILES string of the molecule is COC(=O)Nc1c(N)nc(-n2nc(Sc3ccccn3)c3ccccc32)nc1N. The number of para-hydroxylation sites is 1. The van der Waals surface area contributed by atoms with Crippen molar-refractivity contribution in [3.05, 3.63) is 48.7 Å². The maximum atomic E-state index is 11.5. The number of methoxy groups -OCH3 is 1. The molecule has 0 aliphatic rings. The molecule has 0 atom stereocenters. The lowest BCUT2D eigenvalue weighted by Crippen LogP contribution is -2.17. The second kappa shape index (κ2) is 7.64. The lowest BCUT2D eigenvalue weighted by atomic mass is 10.2. The topological polar surface area (TPSA) is 147 Å². The summed E-state index contributed by atoms with van der Waals surface area (Å²) in [6.45, 7) is 0. The summed E-state index contributed by atoms with van der Waals surface area (Å²) in [5.41, 5.74) is 12.8. The van der Waals surface area contributed by atoms with Crippen molar-refractivity contribution >= 4 is 46.1 Å². The predicted molar refractivity (Wildman–Crippen MR) is 110 cm³/mol. The molecule has 29 heavy (non-hydrogen) atoms. The van der Waals surface area contributed by atoms with E-state index in [4.69, 9.17) is 11.5 Å². The number of aromatic nitrogens is 5. The molecule has 0 saturated heterocycles. The van der Waals surface area contributed by atoms with Crippen molar-refractivity contribution in [1.29, 1.82) is 0 Å². The van der Waals surface area contributed by atoms with Crippen LogP contribution in [0.2, 0.25) is 0 Å². The van der Waals surface area contributed by atoms with Crippen molar-refractivity contribution in [2.75, 3.05) is 23.9 Å². The Morgan fingerprint density at radius 3 is 2.52 bits per heavy atom. The minimum atomic E-state index is -0.724. The number of benzene rings is 1. The largest absolute Gasteiger partial charge is 0.453 e. The van der Waals surface area contributed by atoms with Crippen molar-refractivity contribution in [2.45, 2.75) is 10.1 Å². The normalized spacial score (nSPS) is 10.8. The number of carbonyl (C=O) groups excluding carboxylic acids is 1. The Morgan fingerprint density at radius 1 is 1.10 bits per heavy atom. The van der Waals surface area contributed by atoms with E-state index in [1.807, 2.05) is 42.5 Å². The molecule has 0 bridgehead atoms. The molecule has 11 heteroatoms. The van der Waals surface area contributed by atoms with Crippen LogP contribution >= 0.6 is 11.8 Å². The van der Waals surface area contributed by atoms with Crippen LogP contribution in [0, 0.1) is 0 Å². The highest BCUT2D eigenvalue weighted by molar-refractivity contribution is 7.99. The van der Waals surface area contributed by atoms with Crippen molar-refractivity contribution in [1.82, 2.24) is 24.7 Å². The summed E-state index contributed by atoms with van der Waals surface area (Å²) in [4.78, 5) is 24.3. The van der Waals surface area contributed by atoms with Gasteiger partial charge in [-0.1, -0.05) is 24.3 Å². The molecule has 5 N–H and O–H groups in total. The fourth-order valence-electron chi connectivity index (χ4n) is 2.63. The van der Waals surface area contributed by atoms with Gasteiger partial charge in [0.05, 0.1) is 12.6 Å². The summed E-state index contributed by atoms with van der Waals surface area (Å²) >= 11 is 1.42. The summed E-state index contributed by atoms with van der Waals surface area (Å²) in [6.07, 6.45) is 0.998. The summed E-state index contributed by atoms with van der Waals surface area (Å²) in [5, 5.41) is 9.48. The minimum Gasteiger partial charge on any atom is -0.453 e. The Balaban J connectivity index is 1.79. The zero-order valence-electron chi connectivity index (χ0n) is 15.2. The second-order valence-corrected chi connectivity index (χ2v) is 6.80. The number of nitrogens with two attached hydrogens (primary N) is 2. The minimum absolute atomic E-state index is 0.00332. The second-order valence-electron chi connectivity index (χ2n) is 5.79. The van der Waals surface area contributed by atoms with Crippen LogP contribution in [0.3, 0.4) is 0 Å². The predicted octanol–water partition coefficient (Wildman–Crippen LogP) is 2.70. The molecule has 4 aromatic rings. The number of nitrogens with zero attached hydrogens (tertiary/aromatic N) is 5. The first-order valence-corrected chi connectivity index (χ1v) is 9.23. The van der Waals surface area contributed by atoms with Crippen LogP contribution in [-0.2, 0) is 4.74 Å². The van der Waals surface area contributed by atoms with Crippen LogP contribution in [0.15, 0.2) is 58.7 Å². The first kappa shape index (κ1) is 18.5. The van der Waals surface area contributed by atoms with E-state index in [1.165, 1.54) is 18.9 Å². The van der Waals surface area contributed by atoms with Crippen LogP contribution < -0.4 is 16.8 Å². The van der Waals surface area contributed by atoms with Crippen LogP contribution in [-0.4, -0.2) is 37.9 Å². The molecule has 3 heterocycles. The van der Waals surface area contributed by atoms with Crippen LogP contribution in [0.4, 0.5) is 22.1 Å². The van der Waals surface area contributed by atoms with Gasteiger partial charge in [-0.2, -0.15) is 19.7 Å². The standard InChI is InChI=1S/C18H16N8O2S/c1-28-18(27)22-13-14(19)23-17(24-15(13)20)26-11-7-3-2-6-10(11)16(25-26)29-12-8-4-5-9-21-12/h2-9H,1H3,(H,22,27)(H4,19,20,23,24). The van der Waals surface area contributed by atoms with E-state index in [1.54, 1.807) is 10.9 Å². The van der Waals surface area contributed by atoms with Gasteiger partial charge in [0.1, 0.15) is 15.7 Å². The van der Waals surface area contributed by atoms with Gasteiger partial charge in [0.15, 0.2) is 11.6 Å². The molecular formula is C18H16N8O2S. The number of ether oxygens (including phenoxy) is 1. The van der Waals surface area contributed by atoms with Crippen molar-refractivity contribution in [3.8, 4) is 5.95 Å². The average Bonchev–Trinajstić information content (AvgIpc) is 3.10. The molecular weight excluding hydrogens is 392 g/mol. The van der Waals surface area contributed by atoms with E-state index >= 15 is 0 Å². The molecule has 0 aliphatic carbocycles. The third kappa shape index (κ3) is 3.62. The number of amides is 1. The number of anilines is 3. The van der Waals surface area contributed by atoms with Crippen molar-refractivity contribution < 1.29 is 9.53 Å². The number of rotatable bonds is 4. The fraction of sp³-hybridized carbons (Fsp3) is 0.0556. The van der Waals surface area contributed by atoms with Gasteiger partial charge < -0.3 is 16.2 Å². The Bertz CT molecular complexity index is 1170. The smallest absolute Gasteiger partial charge is 0.411 e. The van der Waals surface area contributed by atoms with Gasteiger partial charge in [-0.3, -0.25) is 5.32 Å². The average molecular weight is 408 g/mol. The molecule has 0 saturated carbocycles. The number of carbonyl (C=O) groups is 1. The molecule has 4 rings (SSSR count). The molecule has 1 amide bonds. The molecule has 0 aliphatic heterocycles. The van der Waals surface area contributed by atoms with Gasteiger partial charge in [-0.05, 0) is 30.0 Å². The fourth-order valence-corrected chi connectivity index (χ4v) is 3.49. The van der Waals surface area contributed by atoms with Gasteiger partial charge in [-0.25, -0.2) is 9.78 Å². The zero-order chi connectivity index (χ0) is 20.4. The molecule has 3 aromatic heterocycles. The van der Waals surface area contributed by atoms with Crippen molar-refractivity contribution in [2.24, 2.45) is 0 Å². The third-order valence-electron chi connectivity index (χ3n) is 3.95. The van der Waals surface area contributed by atoms with Gasteiger partial charge >= 0.3 is 6.09 Å². The van der Waals surface area contributed by atoms with Crippen LogP contribution in [0.1, 0.15) is 0 Å². The summed E-state index contributed by atoms with van der Waals surface area (Å²) in [7, 11) is 1.23. The molecule has 0 radical (unpaired) electrons. The third-order valence-corrected chi connectivity index (χ3v) is 4.89. The maximum Gasteiger partial charge on any atom is 0.411 e. The monoisotopic (exact) mass is 408 g/mol. The Labute approximate surface area is 169 Å². The highest BCUT2D eigenvalue weighted by Crippen LogP contribution is 2.33. The molecule has 0 fully saturated rings. The summed E-state index contributed by atoms with van der Waals surface area (Å²) in [5.74, 6) is 0.173. The Kier molecular flexibility index (Phi) is 4.87. The zero-order valence-corrected chi connectivity index (χ0v) is 16.1. The van der Waals surface area contributed by atoms with E-state index in [2.05, 4.69) is 30.1 Å². The molecule has 0 spiro atoms. The number of nitrogens with one attached hydrogen (secondary N) is 1. The molecule has 10 nitrogen and oxygen atoms in total. The highest BCUT2D eigenvalue weighted by atomic mass is 32.2. The van der Waals surface area contributed by atoms with E-state index < -0.39 is 6.09 Å². The van der Waals surface area contributed by atoms with Gasteiger partial charge in [0.2, 0.25) is 0 Å². The first-order valence-electron chi connectivity index (χ1n) is 8.42. The van der Waals surface area contributed by atoms with E-state index in [-0.39, 0.29) is 23.3 Å². The lowest BCUT2D eigenvalue weighted by Gasteiger charge is -2.10. The van der Waals surface area contributed by atoms with Crippen LogP contribution in [0.25, 0.3) is 16.9 Å². The Hall–Kier alpha value is -3.86. The number of fused-ring (bicyclic) bond motifs is 1. The maximum absolute atomic E-state index is 11.5. The van der Waals surface area contributed by atoms with Gasteiger partial charge in [-0.15, -0.1) is 0 Å². The van der Waals surface area contributed by atoms with E-state index in [0.717, 1.165) is 21.0 Å². The molecule has 0 unspecified atom stereocenters. The number of hydrogen-bond acceptors (Lipinski definition) is 9. The van der Waals surface area contributed by atoms with Crippen LogP contribution in [0.5, 0.6) is 0 Å². The number of hydrogen-bond donors (Lipinski definition) is 3. The number of nitrogen functional groups attached to an aromatic ring is 2. The molecule has 146 valence electrons. The lowest BCUT2D eigenvalue weighted by molar-refractivity contribution is 0.187. The summed E-state index contributed by atoms with van der Waals surface area (Å²) in [6, 6.07) is 13.3. The number of pyridine rings is 1. The molecule has 1 aromatic carbocycles. The highest BCUT2D eigenvalue weighted by Gasteiger charge is 2.18. The van der Waals surface area contributed by atoms with Gasteiger partial charge in [0, 0.05) is 11.6 Å². The quantitative estimate of drug-likeness (QED) is 0.463. The summed E-state index contributed by atoms with van der Waals surface area (Å²) < 4.78 is 6.10.